The van der Waals surface area contributed by atoms with Gasteiger partial charge in [0.05, 0.1) is 18.4 Å². The molecule has 0 aromatic carbocycles. The van der Waals surface area contributed by atoms with Gasteiger partial charge in [0, 0.05) is 19.2 Å². The standard InChI is InChI=1S/C10H18ClN3O/c1-7(5-12-3)15-6-9-8(2)13-14(4)10(9)11/h7,12H,5-6H2,1-4H3. The number of hydrogen-bond acceptors (Lipinski definition) is 3. The van der Waals surface area contributed by atoms with Crippen molar-refractivity contribution in [3.8, 4) is 0 Å². The molecule has 1 heterocycles. The van der Waals surface area contributed by atoms with Crippen molar-refractivity contribution < 1.29 is 4.74 Å². The van der Waals surface area contributed by atoms with Gasteiger partial charge in [-0.05, 0) is 20.9 Å². The number of ether oxygens (including phenoxy) is 1. The minimum absolute atomic E-state index is 0.172. The molecule has 1 aromatic heterocycles. The lowest BCUT2D eigenvalue weighted by molar-refractivity contribution is 0.0542. The first-order chi connectivity index (χ1) is 7.06. The minimum atomic E-state index is 0.172. The van der Waals surface area contributed by atoms with E-state index in [1.54, 1.807) is 4.68 Å². The molecule has 1 N–H and O–H groups in total. The van der Waals surface area contributed by atoms with Crippen LogP contribution >= 0.6 is 11.6 Å². The molecule has 0 saturated carbocycles. The lowest BCUT2D eigenvalue weighted by Crippen LogP contribution is -2.23. The van der Waals surface area contributed by atoms with Crippen molar-refractivity contribution in [2.75, 3.05) is 13.6 Å². The van der Waals surface area contributed by atoms with E-state index in [2.05, 4.69) is 10.4 Å². The summed E-state index contributed by atoms with van der Waals surface area (Å²) >= 11 is 6.08. The molecule has 0 fully saturated rings. The van der Waals surface area contributed by atoms with E-state index in [0.717, 1.165) is 17.8 Å². The van der Waals surface area contributed by atoms with Gasteiger partial charge in [-0.15, -0.1) is 0 Å². The van der Waals surface area contributed by atoms with Crippen molar-refractivity contribution in [1.29, 1.82) is 0 Å². The SMILES string of the molecule is CNCC(C)OCc1c(C)nn(C)c1Cl. The van der Waals surface area contributed by atoms with Crippen molar-refractivity contribution >= 4 is 11.6 Å². The highest BCUT2D eigenvalue weighted by atomic mass is 35.5. The highest BCUT2D eigenvalue weighted by Crippen LogP contribution is 2.19. The average Bonchev–Trinajstić information content (AvgIpc) is 2.40. The number of aryl methyl sites for hydroxylation is 2. The third-order valence-corrected chi connectivity index (χ3v) is 2.75. The molecule has 0 bridgehead atoms. The van der Waals surface area contributed by atoms with Crippen LogP contribution in [0.3, 0.4) is 0 Å². The molecule has 1 aromatic rings. The number of nitrogens with one attached hydrogen (secondary N) is 1. The van der Waals surface area contributed by atoms with Crippen molar-refractivity contribution in [1.82, 2.24) is 15.1 Å². The zero-order valence-electron chi connectivity index (χ0n) is 9.67. The van der Waals surface area contributed by atoms with Crippen LogP contribution in [0.2, 0.25) is 5.15 Å². The quantitative estimate of drug-likeness (QED) is 0.835. The van der Waals surface area contributed by atoms with E-state index in [1.807, 2.05) is 27.9 Å². The molecule has 0 spiro atoms. The van der Waals surface area contributed by atoms with Gasteiger partial charge in [0.1, 0.15) is 5.15 Å². The van der Waals surface area contributed by atoms with E-state index in [1.165, 1.54) is 0 Å². The summed E-state index contributed by atoms with van der Waals surface area (Å²) in [5, 5.41) is 7.94. The van der Waals surface area contributed by atoms with E-state index in [-0.39, 0.29) is 6.10 Å². The molecule has 4 nitrogen and oxygen atoms in total. The van der Waals surface area contributed by atoms with E-state index < -0.39 is 0 Å². The number of halogens is 1. The second-order valence-electron chi connectivity index (χ2n) is 3.66. The van der Waals surface area contributed by atoms with Gasteiger partial charge in [-0.25, -0.2) is 0 Å². The molecule has 0 amide bonds. The highest BCUT2D eigenvalue weighted by Gasteiger charge is 2.12. The smallest absolute Gasteiger partial charge is 0.132 e. The highest BCUT2D eigenvalue weighted by molar-refractivity contribution is 6.30. The zero-order chi connectivity index (χ0) is 11.4. The minimum Gasteiger partial charge on any atom is -0.372 e. The Kier molecular flexibility index (Phi) is 4.57. The Labute approximate surface area is 95.6 Å². The van der Waals surface area contributed by atoms with Crippen LogP contribution in [0.4, 0.5) is 0 Å². The maximum Gasteiger partial charge on any atom is 0.132 e. The monoisotopic (exact) mass is 231 g/mol. The second kappa shape index (κ2) is 5.49. The molecule has 0 aliphatic rings. The predicted octanol–water partition coefficient (Wildman–Crippen LogP) is 1.51. The molecule has 86 valence electrons. The topological polar surface area (TPSA) is 39.1 Å². The second-order valence-corrected chi connectivity index (χ2v) is 4.02. The predicted molar refractivity (Wildman–Crippen MR) is 61.1 cm³/mol. The largest absolute Gasteiger partial charge is 0.372 e. The maximum atomic E-state index is 6.08. The van der Waals surface area contributed by atoms with E-state index in [9.17, 15) is 0 Å². The molecule has 5 heteroatoms. The van der Waals surface area contributed by atoms with Crippen molar-refractivity contribution in [3.63, 3.8) is 0 Å². The Morgan fingerprint density at radius 3 is 2.73 bits per heavy atom. The van der Waals surface area contributed by atoms with Crippen molar-refractivity contribution in [2.24, 2.45) is 7.05 Å². The van der Waals surface area contributed by atoms with Crippen LogP contribution in [0.15, 0.2) is 0 Å². The van der Waals surface area contributed by atoms with Gasteiger partial charge in [-0.2, -0.15) is 5.10 Å². The molecule has 1 unspecified atom stereocenters. The number of aromatic nitrogens is 2. The summed E-state index contributed by atoms with van der Waals surface area (Å²) in [7, 11) is 3.73. The fourth-order valence-electron chi connectivity index (χ4n) is 1.41. The van der Waals surface area contributed by atoms with Gasteiger partial charge in [-0.3, -0.25) is 4.68 Å². The summed E-state index contributed by atoms with van der Waals surface area (Å²) in [5.41, 5.74) is 1.90. The summed E-state index contributed by atoms with van der Waals surface area (Å²) in [6.07, 6.45) is 0.172. The van der Waals surface area contributed by atoms with Crippen LogP contribution in [-0.4, -0.2) is 29.5 Å². The third kappa shape index (κ3) is 3.19. The molecular formula is C10H18ClN3O. The van der Waals surface area contributed by atoms with Crippen molar-refractivity contribution in [2.45, 2.75) is 26.6 Å². The van der Waals surface area contributed by atoms with Gasteiger partial charge in [-0.1, -0.05) is 11.6 Å². The van der Waals surface area contributed by atoms with Crippen LogP contribution in [0.25, 0.3) is 0 Å². The Hall–Kier alpha value is -0.580. The number of hydrogen-bond donors (Lipinski definition) is 1. The molecule has 0 aliphatic carbocycles. The summed E-state index contributed by atoms with van der Waals surface area (Å²) in [4.78, 5) is 0. The van der Waals surface area contributed by atoms with Gasteiger partial charge in [0.15, 0.2) is 0 Å². The molecule has 0 aliphatic heterocycles. The van der Waals surface area contributed by atoms with Gasteiger partial charge in [0.2, 0.25) is 0 Å². The van der Waals surface area contributed by atoms with E-state index in [0.29, 0.717) is 11.8 Å². The summed E-state index contributed by atoms with van der Waals surface area (Å²) in [6.45, 7) is 5.31. The molecular weight excluding hydrogens is 214 g/mol. The fourth-order valence-corrected chi connectivity index (χ4v) is 1.64. The van der Waals surface area contributed by atoms with E-state index in [4.69, 9.17) is 16.3 Å². The summed E-state index contributed by atoms with van der Waals surface area (Å²) < 4.78 is 7.31. The van der Waals surface area contributed by atoms with Crippen LogP contribution in [-0.2, 0) is 18.4 Å². The lowest BCUT2D eigenvalue weighted by atomic mass is 10.3. The van der Waals surface area contributed by atoms with Crippen LogP contribution in [0.1, 0.15) is 18.2 Å². The van der Waals surface area contributed by atoms with Crippen molar-refractivity contribution in [3.05, 3.63) is 16.4 Å². The Morgan fingerprint density at radius 1 is 1.60 bits per heavy atom. The molecule has 0 saturated heterocycles. The first-order valence-electron chi connectivity index (χ1n) is 5.00. The van der Waals surface area contributed by atoms with E-state index >= 15 is 0 Å². The Balaban J connectivity index is 2.57. The van der Waals surface area contributed by atoms with Gasteiger partial charge >= 0.3 is 0 Å². The molecule has 15 heavy (non-hydrogen) atoms. The molecule has 1 atom stereocenters. The van der Waals surface area contributed by atoms with Gasteiger partial charge in [0.25, 0.3) is 0 Å². The fraction of sp³-hybridized carbons (Fsp3) is 0.700. The number of rotatable bonds is 5. The molecule has 0 radical (unpaired) electrons. The lowest BCUT2D eigenvalue weighted by Gasteiger charge is -2.12. The normalized spacial score (nSPS) is 13.1. The zero-order valence-corrected chi connectivity index (χ0v) is 10.4. The number of likely N-dealkylation sites (N-methyl/N-ethyl adjacent to an activating group) is 1. The molecule has 1 rings (SSSR count). The third-order valence-electron chi connectivity index (χ3n) is 2.27. The Bertz CT molecular complexity index is 325. The number of nitrogens with zero attached hydrogens (tertiary/aromatic N) is 2. The maximum absolute atomic E-state index is 6.08. The summed E-state index contributed by atoms with van der Waals surface area (Å²) in [6, 6.07) is 0. The average molecular weight is 232 g/mol. The first-order valence-corrected chi connectivity index (χ1v) is 5.38. The van der Waals surface area contributed by atoms with Crippen LogP contribution in [0, 0.1) is 6.92 Å². The Morgan fingerprint density at radius 2 is 2.27 bits per heavy atom. The van der Waals surface area contributed by atoms with Crippen LogP contribution in [0.5, 0.6) is 0 Å². The van der Waals surface area contributed by atoms with Gasteiger partial charge < -0.3 is 10.1 Å². The first kappa shape index (κ1) is 12.5. The summed E-state index contributed by atoms with van der Waals surface area (Å²) in [5.74, 6) is 0. The van der Waals surface area contributed by atoms with Crippen LogP contribution < -0.4 is 5.32 Å².